The van der Waals surface area contributed by atoms with Gasteiger partial charge < -0.3 is 20.3 Å². The molecule has 0 radical (unpaired) electrons. The summed E-state index contributed by atoms with van der Waals surface area (Å²) in [6.45, 7) is 13.3. The molecule has 1 aromatic rings. The Morgan fingerprint density at radius 1 is 1.13 bits per heavy atom. The van der Waals surface area contributed by atoms with Crippen LogP contribution < -0.4 is 10.6 Å². The average Bonchev–Trinajstić information content (AvgIpc) is 2.62. The van der Waals surface area contributed by atoms with Crippen molar-refractivity contribution in [3.63, 3.8) is 0 Å². The van der Waals surface area contributed by atoms with Crippen LogP contribution in [-0.2, 0) is 14.3 Å². The molecule has 0 aromatic heterocycles. The van der Waals surface area contributed by atoms with Crippen molar-refractivity contribution >= 4 is 17.9 Å². The minimum atomic E-state index is -0.783. The first-order chi connectivity index (χ1) is 14.0. The number of hydrogen-bond donors (Lipinski definition) is 2. The van der Waals surface area contributed by atoms with Gasteiger partial charge in [-0.2, -0.15) is 0 Å². The molecule has 0 aliphatic carbocycles. The topological polar surface area (TPSA) is 87.7 Å². The van der Waals surface area contributed by atoms with Gasteiger partial charge in [0.2, 0.25) is 11.8 Å². The first-order valence-corrected chi connectivity index (χ1v) is 10.6. The Morgan fingerprint density at radius 2 is 1.80 bits per heavy atom. The number of nitrogens with zero attached hydrogens (tertiary/aromatic N) is 1. The molecular weight excluding hydrogens is 382 g/mol. The molecule has 168 valence electrons. The SMILES string of the molecule is CCCCNC(=O)C(c1cccc(C)c1)N(C(=O)CNC(=O)OC(C)(C)C)C(C)C. The standard InChI is InChI=1S/C23H37N3O4/c1-8-9-13-24-21(28)20(18-12-10-11-17(4)14-18)26(16(2)3)19(27)15-25-22(29)30-23(5,6)7/h10-12,14,16,20H,8-9,13,15H2,1-7H3,(H,24,28)(H,25,29). The molecule has 7 nitrogen and oxygen atoms in total. The Morgan fingerprint density at radius 3 is 2.33 bits per heavy atom. The van der Waals surface area contributed by atoms with Crippen molar-refractivity contribution < 1.29 is 19.1 Å². The van der Waals surface area contributed by atoms with Gasteiger partial charge in [0.05, 0.1) is 0 Å². The Kier molecular flexibility index (Phi) is 9.82. The molecule has 3 amide bonds. The van der Waals surface area contributed by atoms with E-state index in [1.165, 1.54) is 4.90 Å². The highest BCUT2D eigenvalue weighted by Crippen LogP contribution is 2.25. The van der Waals surface area contributed by atoms with Crippen LogP contribution in [0.1, 0.15) is 71.6 Å². The highest BCUT2D eigenvalue weighted by molar-refractivity contribution is 5.90. The predicted octanol–water partition coefficient (Wildman–Crippen LogP) is 3.71. The van der Waals surface area contributed by atoms with Gasteiger partial charge in [0.15, 0.2) is 0 Å². The van der Waals surface area contributed by atoms with Crippen LogP contribution in [0.3, 0.4) is 0 Å². The lowest BCUT2D eigenvalue weighted by atomic mass is 10.0. The van der Waals surface area contributed by atoms with E-state index in [0.717, 1.165) is 24.0 Å². The summed E-state index contributed by atoms with van der Waals surface area (Å²) in [5, 5.41) is 5.44. The smallest absolute Gasteiger partial charge is 0.408 e. The molecule has 0 bridgehead atoms. The molecule has 0 spiro atoms. The molecule has 7 heteroatoms. The number of aryl methyl sites for hydroxylation is 1. The molecule has 2 N–H and O–H groups in total. The van der Waals surface area contributed by atoms with Gasteiger partial charge in [-0.1, -0.05) is 43.2 Å². The maximum atomic E-state index is 13.1. The summed E-state index contributed by atoms with van der Waals surface area (Å²) in [4.78, 5) is 39.6. The lowest BCUT2D eigenvalue weighted by molar-refractivity contribution is -0.142. The molecule has 0 saturated carbocycles. The van der Waals surface area contributed by atoms with Gasteiger partial charge in [-0.05, 0) is 53.5 Å². The van der Waals surface area contributed by atoms with E-state index in [2.05, 4.69) is 17.6 Å². The zero-order valence-corrected chi connectivity index (χ0v) is 19.4. The number of rotatable bonds is 9. The maximum Gasteiger partial charge on any atom is 0.408 e. The fraction of sp³-hybridized carbons (Fsp3) is 0.609. The van der Waals surface area contributed by atoms with Gasteiger partial charge in [-0.15, -0.1) is 0 Å². The third-order valence-corrected chi connectivity index (χ3v) is 4.34. The van der Waals surface area contributed by atoms with Crippen LogP contribution in [0, 0.1) is 6.92 Å². The third kappa shape index (κ3) is 8.43. The number of ether oxygens (including phenoxy) is 1. The van der Waals surface area contributed by atoms with Gasteiger partial charge in [0.25, 0.3) is 0 Å². The molecule has 0 aliphatic heterocycles. The number of amides is 3. The average molecular weight is 420 g/mol. The van der Waals surface area contributed by atoms with Crippen molar-refractivity contribution in [2.45, 2.75) is 79.0 Å². The second kappa shape index (κ2) is 11.6. The molecule has 30 heavy (non-hydrogen) atoms. The van der Waals surface area contributed by atoms with E-state index in [4.69, 9.17) is 4.74 Å². The van der Waals surface area contributed by atoms with Gasteiger partial charge in [-0.3, -0.25) is 9.59 Å². The fourth-order valence-electron chi connectivity index (χ4n) is 3.05. The molecule has 0 aliphatic rings. The predicted molar refractivity (Wildman–Crippen MR) is 118 cm³/mol. The lowest BCUT2D eigenvalue weighted by Crippen LogP contribution is -2.50. The van der Waals surface area contributed by atoms with E-state index < -0.39 is 17.7 Å². The van der Waals surface area contributed by atoms with Crippen molar-refractivity contribution in [2.75, 3.05) is 13.1 Å². The highest BCUT2D eigenvalue weighted by atomic mass is 16.6. The summed E-state index contributed by atoms with van der Waals surface area (Å²) in [6.07, 6.45) is 1.16. The van der Waals surface area contributed by atoms with Crippen LogP contribution in [0.2, 0.25) is 0 Å². The molecule has 1 unspecified atom stereocenters. The normalized spacial score (nSPS) is 12.3. The summed E-state index contributed by atoms with van der Waals surface area (Å²) in [5.74, 6) is -0.582. The number of alkyl carbamates (subject to hydrolysis) is 1. The van der Waals surface area contributed by atoms with Crippen LogP contribution in [0.25, 0.3) is 0 Å². The van der Waals surface area contributed by atoms with E-state index >= 15 is 0 Å². The number of carbonyl (C=O) groups is 3. The second-order valence-corrected chi connectivity index (χ2v) is 8.71. The molecular formula is C23H37N3O4. The molecule has 0 fully saturated rings. The molecule has 1 atom stereocenters. The number of hydrogen-bond acceptors (Lipinski definition) is 4. The van der Waals surface area contributed by atoms with Gasteiger partial charge >= 0.3 is 6.09 Å². The van der Waals surface area contributed by atoms with Crippen LogP contribution in [-0.4, -0.2) is 47.5 Å². The molecule has 1 rings (SSSR count). The van der Waals surface area contributed by atoms with Crippen molar-refractivity contribution in [1.29, 1.82) is 0 Å². The Bertz CT molecular complexity index is 725. The van der Waals surface area contributed by atoms with E-state index in [0.29, 0.717) is 6.54 Å². The number of nitrogens with one attached hydrogen (secondary N) is 2. The van der Waals surface area contributed by atoms with Crippen LogP contribution in [0.15, 0.2) is 24.3 Å². The zero-order chi connectivity index (χ0) is 22.9. The lowest BCUT2D eigenvalue weighted by Gasteiger charge is -2.35. The van der Waals surface area contributed by atoms with Crippen molar-refractivity contribution in [3.05, 3.63) is 35.4 Å². The molecule has 0 heterocycles. The van der Waals surface area contributed by atoms with E-state index in [1.807, 2.05) is 45.0 Å². The van der Waals surface area contributed by atoms with E-state index in [-0.39, 0.29) is 24.4 Å². The van der Waals surface area contributed by atoms with Gasteiger partial charge in [-0.25, -0.2) is 4.79 Å². The molecule has 1 aromatic carbocycles. The monoisotopic (exact) mass is 419 g/mol. The zero-order valence-electron chi connectivity index (χ0n) is 19.4. The Balaban J connectivity index is 3.10. The first kappa shape index (κ1) is 25.5. The Hall–Kier alpha value is -2.57. The van der Waals surface area contributed by atoms with Crippen molar-refractivity contribution in [2.24, 2.45) is 0 Å². The summed E-state index contributed by atoms with van der Waals surface area (Å²) >= 11 is 0. The quantitative estimate of drug-likeness (QED) is 0.597. The van der Waals surface area contributed by atoms with Crippen molar-refractivity contribution in [3.8, 4) is 0 Å². The summed E-state index contributed by atoms with van der Waals surface area (Å²) in [5.41, 5.74) is 1.08. The molecule has 0 saturated heterocycles. The Labute approximate surface area is 180 Å². The van der Waals surface area contributed by atoms with Crippen LogP contribution in [0.5, 0.6) is 0 Å². The number of benzene rings is 1. The van der Waals surface area contributed by atoms with Gasteiger partial charge in [0, 0.05) is 12.6 Å². The summed E-state index contributed by atoms with van der Waals surface area (Å²) < 4.78 is 5.20. The first-order valence-electron chi connectivity index (χ1n) is 10.6. The summed E-state index contributed by atoms with van der Waals surface area (Å²) in [7, 11) is 0. The third-order valence-electron chi connectivity index (χ3n) is 4.34. The number of carbonyl (C=O) groups excluding carboxylic acids is 3. The minimum Gasteiger partial charge on any atom is -0.444 e. The fourth-order valence-corrected chi connectivity index (χ4v) is 3.05. The van der Waals surface area contributed by atoms with E-state index in [9.17, 15) is 14.4 Å². The second-order valence-electron chi connectivity index (χ2n) is 8.71. The van der Waals surface area contributed by atoms with Crippen LogP contribution in [0.4, 0.5) is 4.79 Å². The van der Waals surface area contributed by atoms with Gasteiger partial charge in [0.1, 0.15) is 18.2 Å². The highest BCUT2D eigenvalue weighted by Gasteiger charge is 2.33. The maximum absolute atomic E-state index is 13.1. The van der Waals surface area contributed by atoms with Crippen molar-refractivity contribution in [1.82, 2.24) is 15.5 Å². The number of unbranched alkanes of at least 4 members (excludes halogenated alkanes) is 1. The largest absolute Gasteiger partial charge is 0.444 e. The van der Waals surface area contributed by atoms with Crippen LogP contribution >= 0.6 is 0 Å². The van der Waals surface area contributed by atoms with E-state index in [1.54, 1.807) is 20.8 Å². The minimum absolute atomic E-state index is 0.228. The summed E-state index contributed by atoms with van der Waals surface area (Å²) in [6, 6.07) is 6.55.